The van der Waals surface area contributed by atoms with E-state index in [1.54, 1.807) is 42.5 Å². The molecular weight excluding hydrogens is 534 g/mol. The number of aliphatic hydroxyl groups excluding tert-OH is 1. The molecule has 0 radical (unpaired) electrons. The third-order valence-corrected chi connectivity index (χ3v) is 7.35. The van der Waals surface area contributed by atoms with Gasteiger partial charge in [-0.1, -0.05) is 18.3 Å². The zero-order chi connectivity index (χ0) is 28.4. The predicted molar refractivity (Wildman–Crippen MR) is 151 cm³/mol. The Kier molecular flexibility index (Phi) is 7.47. The number of fused-ring (bicyclic) bond motifs is 1. The Morgan fingerprint density at radius 3 is 2.38 bits per heavy atom. The van der Waals surface area contributed by atoms with E-state index in [1.165, 1.54) is 40.5 Å². The molecule has 1 aromatic heterocycles. The monoisotopic (exact) mass is 559 g/mol. The van der Waals surface area contributed by atoms with Crippen molar-refractivity contribution in [1.29, 1.82) is 0 Å². The SMILES string of the molecule is CCCOc1ccc(/C(O)=C2\C(=O)C(=O)N(c3nc4ccc(OCC)cc4s3)C2c2ccc([N+](=O)[O-])cc2)cc1. The number of rotatable bonds is 9. The number of ketones is 1. The van der Waals surface area contributed by atoms with Crippen LogP contribution in [0.3, 0.4) is 0 Å². The largest absolute Gasteiger partial charge is 0.507 e. The molecule has 3 aromatic carbocycles. The minimum absolute atomic E-state index is 0.143. The van der Waals surface area contributed by atoms with Crippen LogP contribution in [-0.4, -0.2) is 39.9 Å². The van der Waals surface area contributed by atoms with E-state index in [0.29, 0.717) is 41.4 Å². The number of hydrogen-bond donors (Lipinski definition) is 1. The molecule has 11 heteroatoms. The highest BCUT2D eigenvalue weighted by molar-refractivity contribution is 7.22. The molecule has 0 saturated carbocycles. The summed E-state index contributed by atoms with van der Waals surface area (Å²) in [5.74, 6) is -0.874. The minimum Gasteiger partial charge on any atom is -0.507 e. The lowest BCUT2D eigenvalue weighted by molar-refractivity contribution is -0.384. The van der Waals surface area contributed by atoms with Crippen LogP contribution in [0.1, 0.15) is 37.4 Å². The molecule has 4 aromatic rings. The van der Waals surface area contributed by atoms with E-state index in [2.05, 4.69) is 4.98 Å². The molecular formula is C29H25N3O7S. The Morgan fingerprint density at radius 2 is 1.73 bits per heavy atom. The number of amides is 1. The number of Topliss-reactive ketones (excluding diaryl/α,β-unsaturated/α-hetero) is 1. The first-order chi connectivity index (χ1) is 19.3. The first-order valence-electron chi connectivity index (χ1n) is 12.6. The van der Waals surface area contributed by atoms with Crippen molar-refractivity contribution in [1.82, 2.24) is 4.98 Å². The summed E-state index contributed by atoms with van der Waals surface area (Å²) in [4.78, 5) is 43.5. The van der Waals surface area contributed by atoms with Crippen LogP contribution in [0.25, 0.3) is 16.0 Å². The van der Waals surface area contributed by atoms with E-state index in [9.17, 15) is 24.8 Å². The van der Waals surface area contributed by atoms with Crippen molar-refractivity contribution in [3.63, 3.8) is 0 Å². The van der Waals surface area contributed by atoms with Gasteiger partial charge in [-0.05, 0) is 73.5 Å². The molecule has 1 fully saturated rings. The number of nitrogens with zero attached hydrogens (tertiary/aromatic N) is 3. The van der Waals surface area contributed by atoms with Gasteiger partial charge in [-0.15, -0.1) is 0 Å². The average Bonchev–Trinajstić information content (AvgIpc) is 3.49. The average molecular weight is 560 g/mol. The number of non-ortho nitro benzene ring substituents is 1. The molecule has 1 amide bonds. The molecule has 1 unspecified atom stereocenters. The topological polar surface area (TPSA) is 132 Å². The maximum atomic E-state index is 13.5. The molecule has 1 atom stereocenters. The molecule has 0 spiro atoms. The van der Waals surface area contributed by atoms with E-state index in [1.807, 2.05) is 13.8 Å². The fourth-order valence-electron chi connectivity index (χ4n) is 4.46. The van der Waals surface area contributed by atoms with Crippen LogP contribution in [0.2, 0.25) is 0 Å². The van der Waals surface area contributed by atoms with E-state index >= 15 is 0 Å². The number of aromatic nitrogens is 1. The third-order valence-electron chi connectivity index (χ3n) is 6.33. The van der Waals surface area contributed by atoms with Gasteiger partial charge in [0.15, 0.2) is 5.13 Å². The van der Waals surface area contributed by atoms with Crippen LogP contribution in [0, 0.1) is 10.1 Å². The molecule has 1 aliphatic heterocycles. The first-order valence-corrected chi connectivity index (χ1v) is 13.5. The van der Waals surface area contributed by atoms with E-state index in [0.717, 1.165) is 11.1 Å². The van der Waals surface area contributed by atoms with Crippen molar-refractivity contribution < 1.29 is 29.1 Å². The second-order valence-electron chi connectivity index (χ2n) is 8.95. The molecule has 0 aliphatic carbocycles. The number of thiazole rings is 1. The van der Waals surface area contributed by atoms with Crippen LogP contribution in [0.4, 0.5) is 10.8 Å². The summed E-state index contributed by atoms with van der Waals surface area (Å²) < 4.78 is 11.9. The van der Waals surface area contributed by atoms with Gasteiger partial charge in [-0.3, -0.25) is 24.6 Å². The number of ether oxygens (including phenoxy) is 2. The van der Waals surface area contributed by atoms with Gasteiger partial charge in [-0.2, -0.15) is 0 Å². The molecule has 1 N–H and O–H groups in total. The van der Waals surface area contributed by atoms with E-state index in [-0.39, 0.29) is 22.2 Å². The Labute approximate surface area is 233 Å². The van der Waals surface area contributed by atoms with Crippen molar-refractivity contribution >= 4 is 49.8 Å². The summed E-state index contributed by atoms with van der Waals surface area (Å²) in [7, 11) is 0. The van der Waals surface area contributed by atoms with Crippen LogP contribution in [0.15, 0.2) is 72.3 Å². The van der Waals surface area contributed by atoms with Crippen molar-refractivity contribution in [2.24, 2.45) is 0 Å². The highest BCUT2D eigenvalue weighted by Crippen LogP contribution is 2.45. The number of nitro benzene ring substituents is 1. The zero-order valence-corrected chi connectivity index (χ0v) is 22.5. The van der Waals surface area contributed by atoms with Crippen molar-refractivity contribution in [3.8, 4) is 11.5 Å². The normalized spacial score (nSPS) is 16.4. The van der Waals surface area contributed by atoms with Crippen molar-refractivity contribution in [3.05, 3.63) is 93.5 Å². The van der Waals surface area contributed by atoms with Gasteiger partial charge in [0, 0.05) is 17.7 Å². The highest BCUT2D eigenvalue weighted by atomic mass is 32.1. The molecule has 40 heavy (non-hydrogen) atoms. The summed E-state index contributed by atoms with van der Waals surface area (Å²) in [6, 6.07) is 16.4. The number of carbonyl (C=O) groups excluding carboxylic acids is 2. The fraction of sp³-hybridized carbons (Fsp3) is 0.207. The lowest BCUT2D eigenvalue weighted by atomic mass is 9.95. The van der Waals surface area contributed by atoms with Crippen LogP contribution in [-0.2, 0) is 9.59 Å². The maximum absolute atomic E-state index is 13.5. The summed E-state index contributed by atoms with van der Waals surface area (Å²) in [5, 5.41) is 22.9. The molecule has 10 nitrogen and oxygen atoms in total. The number of hydrogen-bond acceptors (Lipinski definition) is 9. The van der Waals surface area contributed by atoms with Crippen LogP contribution in [0.5, 0.6) is 11.5 Å². The van der Waals surface area contributed by atoms with Gasteiger partial charge in [0.2, 0.25) is 0 Å². The Hall–Kier alpha value is -4.77. The van der Waals surface area contributed by atoms with Crippen LogP contribution < -0.4 is 14.4 Å². The highest BCUT2D eigenvalue weighted by Gasteiger charge is 2.48. The van der Waals surface area contributed by atoms with Gasteiger partial charge >= 0.3 is 5.91 Å². The minimum atomic E-state index is -1.07. The number of carbonyl (C=O) groups is 2. The van der Waals surface area contributed by atoms with Gasteiger partial charge in [-0.25, -0.2) is 4.98 Å². The number of benzene rings is 3. The summed E-state index contributed by atoms with van der Waals surface area (Å²) in [6.45, 7) is 4.88. The third kappa shape index (κ3) is 4.98. The van der Waals surface area contributed by atoms with Gasteiger partial charge < -0.3 is 14.6 Å². The Bertz CT molecular complexity index is 1630. The smallest absolute Gasteiger partial charge is 0.301 e. The molecule has 2 heterocycles. The molecule has 1 aliphatic rings. The number of nitro groups is 1. The Morgan fingerprint density at radius 1 is 1.02 bits per heavy atom. The van der Waals surface area contributed by atoms with E-state index < -0.39 is 22.7 Å². The van der Waals surface area contributed by atoms with Gasteiger partial charge in [0.1, 0.15) is 17.3 Å². The lowest BCUT2D eigenvalue weighted by Gasteiger charge is -2.22. The van der Waals surface area contributed by atoms with Crippen LogP contribution >= 0.6 is 11.3 Å². The Balaban J connectivity index is 1.64. The first kappa shape index (κ1) is 26.8. The van der Waals surface area contributed by atoms with Gasteiger partial charge in [0.25, 0.3) is 11.5 Å². The van der Waals surface area contributed by atoms with Gasteiger partial charge in [0.05, 0.1) is 40.0 Å². The maximum Gasteiger partial charge on any atom is 0.301 e. The van der Waals surface area contributed by atoms with Crippen molar-refractivity contribution in [2.45, 2.75) is 26.3 Å². The predicted octanol–water partition coefficient (Wildman–Crippen LogP) is 6.02. The fourth-order valence-corrected chi connectivity index (χ4v) is 5.48. The standard InChI is InChI=1S/C29H25N3O7S/c1-3-15-39-20-11-7-18(8-12-20)26(33)24-25(17-5-9-19(10-6-17)32(36)37)31(28(35)27(24)34)29-30-22-14-13-21(38-4-2)16-23(22)40-29/h5-14,16,25,33H,3-4,15H2,1-2H3/b26-24+. The van der Waals surface area contributed by atoms with Crippen molar-refractivity contribution in [2.75, 3.05) is 18.1 Å². The second kappa shape index (κ2) is 11.1. The van der Waals surface area contributed by atoms with E-state index in [4.69, 9.17) is 9.47 Å². The molecule has 0 bridgehead atoms. The quantitative estimate of drug-likeness (QED) is 0.0866. The summed E-state index contributed by atoms with van der Waals surface area (Å²) >= 11 is 1.20. The molecule has 204 valence electrons. The number of aliphatic hydroxyl groups is 1. The molecule has 5 rings (SSSR count). The second-order valence-corrected chi connectivity index (χ2v) is 9.96. The summed E-state index contributed by atoms with van der Waals surface area (Å²) in [5.41, 5.74) is 1.04. The summed E-state index contributed by atoms with van der Waals surface area (Å²) in [6.07, 6.45) is 0.832. The molecule has 1 saturated heterocycles. The zero-order valence-electron chi connectivity index (χ0n) is 21.7. The lowest BCUT2D eigenvalue weighted by Crippen LogP contribution is -2.29. The number of anilines is 1.